The van der Waals surface area contributed by atoms with Crippen LogP contribution in [0.15, 0.2) is 46.8 Å². The number of hydrogen-bond acceptors (Lipinski definition) is 4. The van der Waals surface area contributed by atoms with Crippen molar-refractivity contribution in [3.05, 3.63) is 57.8 Å². The number of nitriles is 1. The Morgan fingerprint density at radius 1 is 1.29 bits per heavy atom. The van der Waals surface area contributed by atoms with E-state index in [9.17, 15) is 0 Å². The first kappa shape index (κ1) is 20.4. The molecule has 3 rings (SSSR count). The van der Waals surface area contributed by atoms with Crippen LogP contribution in [0.2, 0.25) is 0 Å². The Labute approximate surface area is 172 Å². The van der Waals surface area contributed by atoms with Crippen LogP contribution in [0.5, 0.6) is 0 Å². The van der Waals surface area contributed by atoms with Crippen LogP contribution in [-0.2, 0) is 6.54 Å². The third-order valence-corrected chi connectivity index (χ3v) is 6.16. The average molecular weight is 396 g/mol. The van der Waals surface area contributed by atoms with Gasteiger partial charge >= 0.3 is 0 Å². The summed E-state index contributed by atoms with van der Waals surface area (Å²) in [6.07, 6.45) is 2.47. The molecule has 1 aromatic heterocycles. The maximum Gasteiger partial charge on any atom is 0.191 e. The van der Waals surface area contributed by atoms with Crippen molar-refractivity contribution in [3.63, 3.8) is 0 Å². The largest absolute Gasteiger partial charge is 0.357 e. The van der Waals surface area contributed by atoms with E-state index in [4.69, 9.17) is 10.3 Å². The molecule has 2 aromatic rings. The van der Waals surface area contributed by atoms with Crippen molar-refractivity contribution in [1.29, 1.82) is 5.26 Å². The summed E-state index contributed by atoms with van der Waals surface area (Å²) in [5, 5.41) is 18.0. The fraction of sp³-hybridized carbons (Fsp3) is 0.455. The number of thiophene rings is 1. The highest BCUT2D eigenvalue weighted by molar-refractivity contribution is 7.10. The molecule has 0 spiro atoms. The number of nitrogens with zero attached hydrogens (tertiary/aromatic N) is 3. The van der Waals surface area contributed by atoms with E-state index in [-0.39, 0.29) is 0 Å². The second-order valence-electron chi connectivity index (χ2n) is 7.23. The van der Waals surface area contributed by atoms with Gasteiger partial charge in [-0.25, -0.2) is 4.99 Å². The third-order valence-electron chi connectivity index (χ3n) is 5.22. The zero-order valence-corrected chi connectivity index (χ0v) is 17.5. The summed E-state index contributed by atoms with van der Waals surface area (Å²) in [4.78, 5) is 8.67. The minimum absolute atomic E-state index is 0.475. The second kappa shape index (κ2) is 10.3. The Balaban J connectivity index is 1.63. The van der Waals surface area contributed by atoms with Crippen molar-refractivity contribution in [2.75, 3.05) is 26.7 Å². The van der Waals surface area contributed by atoms with Gasteiger partial charge in [0.2, 0.25) is 0 Å². The molecule has 2 N–H and O–H groups in total. The van der Waals surface area contributed by atoms with Crippen molar-refractivity contribution < 1.29 is 0 Å². The molecule has 1 aromatic carbocycles. The van der Waals surface area contributed by atoms with Crippen molar-refractivity contribution in [3.8, 4) is 6.07 Å². The van der Waals surface area contributed by atoms with Gasteiger partial charge in [0.1, 0.15) is 0 Å². The van der Waals surface area contributed by atoms with E-state index in [2.05, 4.69) is 53.1 Å². The number of piperidine rings is 1. The highest BCUT2D eigenvalue weighted by Crippen LogP contribution is 2.36. The molecule has 0 bridgehead atoms. The maximum absolute atomic E-state index is 8.92. The average Bonchev–Trinajstić information content (AvgIpc) is 3.24. The van der Waals surface area contributed by atoms with Gasteiger partial charge in [-0.3, -0.25) is 4.90 Å². The lowest BCUT2D eigenvalue weighted by atomic mass is 9.88. The van der Waals surface area contributed by atoms with Crippen molar-refractivity contribution in [2.24, 2.45) is 10.9 Å². The second-order valence-corrected chi connectivity index (χ2v) is 8.21. The number of rotatable bonds is 6. The standard InChI is InChI=1S/C22H29N5S/c1-3-24-22(25-15-18-10-8-17(14-23)9-11-18)26-16-19-6-4-12-27(2)21(19)20-7-5-13-28-20/h5,7-11,13,19,21H,3-4,6,12,15-16H2,1-2H3,(H2,24,25,26). The first-order valence-electron chi connectivity index (χ1n) is 9.96. The van der Waals surface area contributed by atoms with Crippen LogP contribution in [-0.4, -0.2) is 37.5 Å². The number of benzene rings is 1. The quantitative estimate of drug-likeness (QED) is 0.577. The Hall–Kier alpha value is -2.36. The van der Waals surface area contributed by atoms with Crippen molar-refractivity contribution in [1.82, 2.24) is 15.5 Å². The zero-order valence-electron chi connectivity index (χ0n) is 16.7. The van der Waals surface area contributed by atoms with Gasteiger partial charge in [0, 0.05) is 24.0 Å². The van der Waals surface area contributed by atoms with Gasteiger partial charge in [-0.05, 0) is 68.4 Å². The van der Waals surface area contributed by atoms with E-state index < -0.39 is 0 Å². The molecule has 0 radical (unpaired) electrons. The monoisotopic (exact) mass is 395 g/mol. The summed E-state index contributed by atoms with van der Waals surface area (Å²) in [7, 11) is 2.24. The lowest BCUT2D eigenvalue weighted by Crippen LogP contribution is -2.44. The maximum atomic E-state index is 8.92. The van der Waals surface area contributed by atoms with Crippen LogP contribution in [0.4, 0.5) is 0 Å². The first-order valence-corrected chi connectivity index (χ1v) is 10.8. The molecule has 5 nitrogen and oxygen atoms in total. The molecule has 1 saturated heterocycles. The molecule has 1 aliphatic rings. The predicted molar refractivity (Wildman–Crippen MR) is 116 cm³/mol. The number of aliphatic imine (C=N–C) groups is 1. The summed E-state index contributed by atoms with van der Waals surface area (Å²) >= 11 is 1.85. The number of guanidine groups is 1. The van der Waals surface area contributed by atoms with Gasteiger partial charge in [-0.1, -0.05) is 18.2 Å². The van der Waals surface area contributed by atoms with Gasteiger partial charge in [0.05, 0.1) is 18.2 Å². The van der Waals surface area contributed by atoms with E-state index in [0.717, 1.165) is 31.2 Å². The van der Waals surface area contributed by atoms with Gasteiger partial charge < -0.3 is 10.6 Å². The molecule has 148 valence electrons. The van der Waals surface area contributed by atoms with E-state index >= 15 is 0 Å². The summed E-state index contributed by atoms with van der Waals surface area (Å²) in [5.41, 5.74) is 1.78. The lowest BCUT2D eigenvalue weighted by molar-refractivity contribution is 0.125. The molecule has 28 heavy (non-hydrogen) atoms. The first-order chi connectivity index (χ1) is 13.7. The molecule has 1 aliphatic heterocycles. The van der Waals surface area contributed by atoms with E-state index in [1.165, 1.54) is 17.7 Å². The van der Waals surface area contributed by atoms with Crippen molar-refractivity contribution >= 4 is 17.3 Å². The third kappa shape index (κ3) is 5.34. The molecule has 0 aliphatic carbocycles. The topological polar surface area (TPSA) is 63.5 Å². The van der Waals surface area contributed by atoms with E-state index in [1.807, 2.05) is 35.6 Å². The highest BCUT2D eigenvalue weighted by Gasteiger charge is 2.31. The SMILES string of the molecule is CCNC(=NCc1ccc(C#N)cc1)NCC1CCCN(C)C1c1cccs1. The van der Waals surface area contributed by atoms with Gasteiger partial charge in [-0.15, -0.1) is 11.3 Å². The summed E-state index contributed by atoms with van der Waals surface area (Å²) < 4.78 is 0. The molecule has 2 atom stereocenters. The van der Waals surface area contributed by atoms with Gasteiger partial charge in [-0.2, -0.15) is 5.26 Å². The minimum Gasteiger partial charge on any atom is -0.357 e. The predicted octanol–water partition coefficient (Wildman–Crippen LogP) is 3.76. The summed E-state index contributed by atoms with van der Waals surface area (Å²) in [6, 6.07) is 14.7. The number of nitrogens with one attached hydrogen (secondary N) is 2. The zero-order chi connectivity index (χ0) is 19.8. The minimum atomic E-state index is 0.475. The van der Waals surface area contributed by atoms with E-state index in [0.29, 0.717) is 24.1 Å². The fourth-order valence-corrected chi connectivity index (χ4v) is 4.79. The Bertz CT molecular complexity index is 791. The molecular weight excluding hydrogens is 366 g/mol. The van der Waals surface area contributed by atoms with Crippen LogP contribution in [0.3, 0.4) is 0 Å². The van der Waals surface area contributed by atoms with Crippen molar-refractivity contribution in [2.45, 2.75) is 32.4 Å². The van der Waals surface area contributed by atoms with Crippen LogP contribution < -0.4 is 10.6 Å². The fourth-order valence-electron chi connectivity index (χ4n) is 3.81. The van der Waals surface area contributed by atoms with Gasteiger partial charge in [0.25, 0.3) is 0 Å². The molecule has 2 unspecified atom stereocenters. The van der Waals surface area contributed by atoms with Crippen LogP contribution in [0, 0.1) is 17.2 Å². The van der Waals surface area contributed by atoms with Crippen LogP contribution in [0.25, 0.3) is 0 Å². The highest BCUT2D eigenvalue weighted by atomic mass is 32.1. The van der Waals surface area contributed by atoms with Gasteiger partial charge in [0.15, 0.2) is 5.96 Å². The summed E-state index contributed by atoms with van der Waals surface area (Å²) in [6.45, 7) is 5.58. The lowest BCUT2D eigenvalue weighted by Gasteiger charge is -2.39. The molecule has 6 heteroatoms. The molecule has 0 amide bonds. The van der Waals surface area contributed by atoms with Crippen LogP contribution in [0.1, 0.15) is 41.8 Å². The molecule has 2 heterocycles. The molecule has 0 saturated carbocycles. The molecule has 1 fully saturated rings. The number of likely N-dealkylation sites (tertiary alicyclic amines) is 1. The van der Waals surface area contributed by atoms with Crippen LogP contribution >= 0.6 is 11.3 Å². The summed E-state index contributed by atoms with van der Waals surface area (Å²) in [5.74, 6) is 1.42. The Kier molecular flexibility index (Phi) is 7.46. The Morgan fingerprint density at radius 3 is 2.79 bits per heavy atom. The number of hydrogen-bond donors (Lipinski definition) is 2. The normalized spacial score (nSPS) is 20.5. The Morgan fingerprint density at radius 2 is 2.11 bits per heavy atom. The van der Waals surface area contributed by atoms with E-state index in [1.54, 1.807) is 0 Å². The smallest absolute Gasteiger partial charge is 0.191 e. The molecular formula is C22H29N5S.